The van der Waals surface area contributed by atoms with Gasteiger partial charge < -0.3 is 10.2 Å². The summed E-state index contributed by atoms with van der Waals surface area (Å²) >= 11 is 0. The van der Waals surface area contributed by atoms with E-state index in [0.717, 1.165) is 45.3 Å². The third-order valence-electron chi connectivity index (χ3n) is 5.80. The maximum absolute atomic E-state index is 10.5. The SMILES string of the molecule is CCCCCCCCC(O)CN(CCCCC)CC(O)CCCCCCCC. The summed E-state index contributed by atoms with van der Waals surface area (Å²) in [5.74, 6) is 0. The van der Waals surface area contributed by atoms with Gasteiger partial charge in [0.15, 0.2) is 0 Å². The molecule has 0 spiro atoms. The highest BCUT2D eigenvalue weighted by Gasteiger charge is 2.15. The van der Waals surface area contributed by atoms with E-state index in [1.54, 1.807) is 0 Å². The van der Waals surface area contributed by atoms with Crippen molar-refractivity contribution in [3.8, 4) is 0 Å². The molecule has 2 N–H and O–H groups in total. The van der Waals surface area contributed by atoms with Crippen LogP contribution in [0.3, 0.4) is 0 Å². The summed E-state index contributed by atoms with van der Waals surface area (Å²) in [7, 11) is 0. The summed E-state index contributed by atoms with van der Waals surface area (Å²) in [6.45, 7) is 9.19. The van der Waals surface area contributed by atoms with Crippen LogP contribution in [0.4, 0.5) is 0 Å². The highest BCUT2D eigenvalue weighted by atomic mass is 16.3. The van der Waals surface area contributed by atoms with Gasteiger partial charge in [0.25, 0.3) is 0 Å². The normalized spacial score (nSPS) is 13.9. The van der Waals surface area contributed by atoms with Gasteiger partial charge in [-0.3, -0.25) is 4.90 Å². The Labute approximate surface area is 177 Å². The van der Waals surface area contributed by atoms with Crippen molar-refractivity contribution >= 4 is 0 Å². The topological polar surface area (TPSA) is 43.7 Å². The average Bonchev–Trinajstić information content (AvgIpc) is 2.67. The third-order valence-corrected chi connectivity index (χ3v) is 5.80. The number of hydrogen-bond donors (Lipinski definition) is 2. The van der Waals surface area contributed by atoms with Gasteiger partial charge in [0, 0.05) is 13.1 Å². The van der Waals surface area contributed by atoms with Gasteiger partial charge in [-0.15, -0.1) is 0 Å². The second kappa shape index (κ2) is 21.6. The fraction of sp³-hybridized carbons (Fsp3) is 1.00. The summed E-state index contributed by atoms with van der Waals surface area (Å²) in [4.78, 5) is 2.32. The quantitative estimate of drug-likeness (QED) is 0.199. The van der Waals surface area contributed by atoms with Crippen LogP contribution in [-0.4, -0.2) is 47.0 Å². The Bertz CT molecular complexity index is 274. The lowest BCUT2D eigenvalue weighted by Gasteiger charge is -2.27. The van der Waals surface area contributed by atoms with Crippen LogP contribution < -0.4 is 0 Å². The van der Waals surface area contributed by atoms with E-state index in [2.05, 4.69) is 25.7 Å². The van der Waals surface area contributed by atoms with Gasteiger partial charge in [0.2, 0.25) is 0 Å². The van der Waals surface area contributed by atoms with Crippen molar-refractivity contribution in [3.05, 3.63) is 0 Å². The molecule has 0 aromatic rings. The lowest BCUT2D eigenvalue weighted by molar-refractivity contribution is 0.0597. The largest absolute Gasteiger partial charge is 0.392 e. The van der Waals surface area contributed by atoms with Crippen LogP contribution in [0.15, 0.2) is 0 Å². The first-order valence-corrected chi connectivity index (χ1v) is 12.7. The minimum absolute atomic E-state index is 0.242. The van der Waals surface area contributed by atoms with Crippen LogP contribution in [0.1, 0.15) is 130 Å². The van der Waals surface area contributed by atoms with Crippen molar-refractivity contribution in [1.29, 1.82) is 0 Å². The van der Waals surface area contributed by atoms with E-state index in [4.69, 9.17) is 0 Å². The van der Waals surface area contributed by atoms with Gasteiger partial charge in [-0.05, 0) is 25.8 Å². The number of unbranched alkanes of at least 4 members (excludes halogenated alkanes) is 12. The molecule has 28 heavy (non-hydrogen) atoms. The molecular weight excluding hydrogens is 346 g/mol. The number of aliphatic hydroxyl groups is 2. The first-order chi connectivity index (χ1) is 13.6. The van der Waals surface area contributed by atoms with Gasteiger partial charge in [-0.25, -0.2) is 0 Å². The number of rotatable bonds is 22. The Kier molecular flexibility index (Phi) is 21.5. The van der Waals surface area contributed by atoms with Gasteiger partial charge in [0.05, 0.1) is 12.2 Å². The van der Waals surface area contributed by atoms with Crippen molar-refractivity contribution in [2.24, 2.45) is 0 Å². The molecule has 3 heteroatoms. The fourth-order valence-electron chi connectivity index (χ4n) is 3.94. The summed E-state index contributed by atoms with van der Waals surface area (Å²) in [5.41, 5.74) is 0. The van der Waals surface area contributed by atoms with Crippen molar-refractivity contribution in [3.63, 3.8) is 0 Å². The minimum Gasteiger partial charge on any atom is -0.392 e. The molecule has 0 aliphatic rings. The summed E-state index contributed by atoms with van der Waals surface area (Å²) in [6, 6.07) is 0. The molecule has 2 unspecified atom stereocenters. The predicted molar refractivity (Wildman–Crippen MR) is 124 cm³/mol. The fourth-order valence-corrected chi connectivity index (χ4v) is 3.94. The number of nitrogens with zero attached hydrogens (tertiary/aromatic N) is 1. The molecule has 2 atom stereocenters. The second-order valence-electron chi connectivity index (χ2n) is 8.89. The molecule has 3 nitrogen and oxygen atoms in total. The molecule has 0 aromatic carbocycles. The van der Waals surface area contributed by atoms with E-state index in [9.17, 15) is 10.2 Å². The minimum atomic E-state index is -0.242. The van der Waals surface area contributed by atoms with Gasteiger partial charge in [-0.2, -0.15) is 0 Å². The van der Waals surface area contributed by atoms with Crippen molar-refractivity contribution in [2.75, 3.05) is 19.6 Å². The molecule has 170 valence electrons. The molecule has 0 amide bonds. The number of hydrogen-bond acceptors (Lipinski definition) is 3. The Balaban J connectivity index is 4.04. The smallest absolute Gasteiger partial charge is 0.0667 e. The molecule has 0 fully saturated rings. The lowest BCUT2D eigenvalue weighted by Crippen LogP contribution is -2.38. The monoisotopic (exact) mass is 399 g/mol. The van der Waals surface area contributed by atoms with Crippen LogP contribution in [0.25, 0.3) is 0 Å². The first kappa shape index (κ1) is 27.9. The summed E-state index contributed by atoms with van der Waals surface area (Å²) in [6.07, 6.45) is 20.2. The van der Waals surface area contributed by atoms with E-state index in [0.29, 0.717) is 0 Å². The van der Waals surface area contributed by atoms with E-state index >= 15 is 0 Å². The maximum Gasteiger partial charge on any atom is 0.0667 e. The molecule has 0 aromatic heterocycles. The van der Waals surface area contributed by atoms with Crippen molar-refractivity contribution in [1.82, 2.24) is 4.90 Å². The predicted octanol–water partition coefficient (Wildman–Crippen LogP) is 6.70. The first-order valence-electron chi connectivity index (χ1n) is 12.7. The van der Waals surface area contributed by atoms with E-state index < -0.39 is 0 Å². The Morgan fingerprint density at radius 2 is 0.857 bits per heavy atom. The number of aliphatic hydroxyl groups excluding tert-OH is 2. The van der Waals surface area contributed by atoms with Crippen molar-refractivity contribution < 1.29 is 10.2 Å². The van der Waals surface area contributed by atoms with Crippen LogP contribution >= 0.6 is 0 Å². The zero-order chi connectivity index (χ0) is 20.9. The zero-order valence-electron chi connectivity index (χ0n) is 19.6. The highest BCUT2D eigenvalue weighted by molar-refractivity contribution is 4.70. The molecule has 0 radical (unpaired) electrons. The summed E-state index contributed by atoms with van der Waals surface area (Å²) in [5, 5.41) is 20.9. The second-order valence-corrected chi connectivity index (χ2v) is 8.89. The Hall–Kier alpha value is -0.120. The molecule has 0 bridgehead atoms. The highest BCUT2D eigenvalue weighted by Crippen LogP contribution is 2.13. The van der Waals surface area contributed by atoms with E-state index in [1.165, 1.54) is 83.5 Å². The van der Waals surface area contributed by atoms with Crippen LogP contribution in [0.2, 0.25) is 0 Å². The van der Waals surface area contributed by atoms with Crippen LogP contribution in [0.5, 0.6) is 0 Å². The van der Waals surface area contributed by atoms with Crippen molar-refractivity contribution in [2.45, 2.75) is 142 Å². The third kappa shape index (κ3) is 19.2. The molecule has 0 aliphatic carbocycles. The van der Waals surface area contributed by atoms with E-state index in [-0.39, 0.29) is 12.2 Å². The zero-order valence-corrected chi connectivity index (χ0v) is 19.6. The molecule has 0 aliphatic heterocycles. The molecule has 0 saturated heterocycles. The summed E-state index contributed by atoms with van der Waals surface area (Å²) < 4.78 is 0. The maximum atomic E-state index is 10.5. The van der Waals surface area contributed by atoms with Gasteiger partial charge >= 0.3 is 0 Å². The van der Waals surface area contributed by atoms with Crippen LogP contribution in [0, 0.1) is 0 Å². The molecule has 0 rings (SSSR count). The van der Waals surface area contributed by atoms with Gasteiger partial charge in [-0.1, -0.05) is 111 Å². The molecule has 0 heterocycles. The Morgan fingerprint density at radius 1 is 0.500 bits per heavy atom. The van der Waals surface area contributed by atoms with Crippen LogP contribution in [-0.2, 0) is 0 Å². The molecular formula is C25H53NO2. The van der Waals surface area contributed by atoms with E-state index in [1.807, 2.05) is 0 Å². The van der Waals surface area contributed by atoms with Gasteiger partial charge in [0.1, 0.15) is 0 Å². The standard InChI is InChI=1S/C25H53NO2/c1-4-7-10-12-14-16-19-24(27)22-26(21-18-9-6-3)23-25(28)20-17-15-13-11-8-5-2/h24-25,27-28H,4-23H2,1-3H3. The lowest BCUT2D eigenvalue weighted by atomic mass is 10.1. The average molecular weight is 400 g/mol. The molecule has 0 saturated carbocycles. The Morgan fingerprint density at radius 3 is 1.29 bits per heavy atom.